The van der Waals surface area contributed by atoms with Gasteiger partial charge in [-0.15, -0.1) is 0 Å². The number of rotatable bonds is 3. The van der Waals surface area contributed by atoms with Crippen LogP contribution in [0.5, 0.6) is 0 Å². The molecule has 2 aliphatic rings. The van der Waals surface area contributed by atoms with Gasteiger partial charge >= 0.3 is 0 Å². The van der Waals surface area contributed by atoms with Gasteiger partial charge in [0.25, 0.3) is 0 Å². The summed E-state index contributed by atoms with van der Waals surface area (Å²) in [5.41, 5.74) is 0. The largest absolute Gasteiger partial charge is 0.378 e. The molecule has 1 aliphatic carbocycles. The highest BCUT2D eigenvalue weighted by Crippen LogP contribution is 2.29. The number of hydrogen-bond acceptors (Lipinski definition) is 3. The smallest absolute Gasteiger partial charge is 0.239 e. The number of carbonyl (C=O) groups excluding carboxylic acids is 1. The minimum atomic E-state index is -0.152. The van der Waals surface area contributed by atoms with Crippen molar-refractivity contribution in [2.45, 2.75) is 38.3 Å². The molecule has 2 unspecified atom stereocenters. The summed E-state index contributed by atoms with van der Waals surface area (Å²) in [4.78, 5) is 11.8. The molecule has 1 saturated heterocycles. The van der Waals surface area contributed by atoms with Crippen molar-refractivity contribution in [1.82, 2.24) is 10.6 Å². The molecule has 86 valence electrons. The Morgan fingerprint density at radius 2 is 2.33 bits per heavy atom. The van der Waals surface area contributed by atoms with Gasteiger partial charge in [-0.2, -0.15) is 0 Å². The first-order valence-corrected chi connectivity index (χ1v) is 5.89. The lowest BCUT2D eigenvalue weighted by atomic mass is 9.80. The molecular formula is C11H20N2O2. The molecule has 0 aromatic rings. The Morgan fingerprint density at radius 1 is 1.53 bits per heavy atom. The lowest BCUT2D eigenvalue weighted by Crippen LogP contribution is -2.54. The zero-order valence-electron chi connectivity index (χ0n) is 9.29. The molecule has 1 amide bonds. The second-order valence-electron chi connectivity index (χ2n) is 4.57. The van der Waals surface area contributed by atoms with E-state index in [1.807, 2.05) is 0 Å². The molecular weight excluding hydrogens is 192 g/mol. The highest BCUT2D eigenvalue weighted by atomic mass is 16.5. The lowest BCUT2D eigenvalue weighted by molar-refractivity contribution is -0.127. The molecule has 2 atom stereocenters. The fraction of sp³-hybridized carbons (Fsp3) is 0.909. The molecule has 1 saturated carbocycles. The Morgan fingerprint density at radius 3 is 2.87 bits per heavy atom. The fourth-order valence-electron chi connectivity index (χ4n) is 2.12. The predicted octanol–water partition coefficient (Wildman–Crippen LogP) is 0.280. The Kier molecular flexibility index (Phi) is 3.59. The standard InChI is InChI=1S/C11H20N2O2/c1-8(9-3-2-4-9)13-11(14)10-7-15-6-5-12-10/h8-10,12H,2-7H2,1H3,(H,13,14). The van der Waals surface area contributed by atoms with Gasteiger partial charge in [0.2, 0.25) is 5.91 Å². The molecule has 0 radical (unpaired) electrons. The van der Waals surface area contributed by atoms with Crippen LogP contribution in [-0.2, 0) is 9.53 Å². The zero-order chi connectivity index (χ0) is 10.7. The van der Waals surface area contributed by atoms with Gasteiger partial charge in [0.15, 0.2) is 0 Å². The maximum absolute atomic E-state index is 11.8. The number of ether oxygens (including phenoxy) is 1. The first-order chi connectivity index (χ1) is 7.27. The summed E-state index contributed by atoms with van der Waals surface area (Å²) in [5.74, 6) is 0.785. The Labute approximate surface area is 90.8 Å². The third kappa shape index (κ3) is 2.69. The molecule has 15 heavy (non-hydrogen) atoms. The SMILES string of the molecule is CC(NC(=O)C1COCCN1)C1CCC1. The molecule has 4 heteroatoms. The summed E-state index contributed by atoms with van der Waals surface area (Å²) in [6.07, 6.45) is 3.84. The molecule has 0 aromatic heterocycles. The minimum Gasteiger partial charge on any atom is -0.378 e. The normalized spacial score (nSPS) is 29.3. The second-order valence-corrected chi connectivity index (χ2v) is 4.57. The van der Waals surface area contributed by atoms with E-state index in [1.54, 1.807) is 0 Å². The van der Waals surface area contributed by atoms with Crippen LogP contribution >= 0.6 is 0 Å². The average molecular weight is 212 g/mol. The summed E-state index contributed by atoms with van der Waals surface area (Å²) in [7, 11) is 0. The van der Waals surface area contributed by atoms with Gasteiger partial charge < -0.3 is 15.4 Å². The Balaban J connectivity index is 1.74. The van der Waals surface area contributed by atoms with Crippen molar-refractivity contribution in [1.29, 1.82) is 0 Å². The molecule has 0 spiro atoms. The van der Waals surface area contributed by atoms with Gasteiger partial charge in [-0.1, -0.05) is 6.42 Å². The molecule has 0 aromatic carbocycles. The van der Waals surface area contributed by atoms with E-state index < -0.39 is 0 Å². The van der Waals surface area contributed by atoms with Crippen LogP contribution < -0.4 is 10.6 Å². The predicted molar refractivity (Wildman–Crippen MR) is 57.6 cm³/mol. The fourth-order valence-corrected chi connectivity index (χ4v) is 2.12. The molecule has 2 rings (SSSR count). The maximum Gasteiger partial charge on any atom is 0.239 e. The van der Waals surface area contributed by atoms with E-state index >= 15 is 0 Å². The van der Waals surface area contributed by atoms with Crippen LogP contribution in [0, 0.1) is 5.92 Å². The van der Waals surface area contributed by atoms with E-state index in [0.29, 0.717) is 25.2 Å². The van der Waals surface area contributed by atoms with Crippen molar-refractivity contribution in [3.05, 3.63) is 0 Å². The van der Waals surface area contributed by atoms with Gasteiger partial charge in [0.1, 0.15) is 6.04 Å². The zero-order valence-corrected chi connectivity index (χ0v) is 9.29. The first kappa shape index (κ1) is 10.9. The third-order valence-corrected chi connectivity index (χ3v) is 3.47. The van der Waals surface area contributed by atoms with Crippen molar-refractivity contribution >= 4 is 5.91 Å². The summed E-state index contributed by atoms with van der Waals surface area (Å²) in [6.45, 7) is 4.09. The molecule has 2 N–H and O–H groups in total. The average Bonchev–Trinajstić information content (AvgIpc) is 2.16. The van der Waals surface area contributed by atoms with E-state index in [-0.39, 0.29) is 11.9 Å². The summed E-state index contributed by atoms with van der Waals surface area (Å²) >= 11 is 0. The van der Waals surface area contributed by atoms with Crippen LogP contribution in [0.1, 0.15) is 26.2 Å². The van der Waals surface area contributed by atoms with Crippen molar-refractivity contribution in [2.24, 2.45) is 5.92 Å². The van der Waals surface area contributed by atoms with Crippen LogP contribution in [0.15, 0.2) is 0 Å². The van der Waals surface area contributed by atoms with Gasteiger partial charge in [0.05, 0.1) is 13.2 Å². The summed E-state index contributed by atoms with van der Waals surface area (Å²) in [5, 5.41) is 6.23. The van der Waals surface area contributed by atoms with Crippen LogP contribution in [0.2, 0.25) is 0 Å². The number of amides is 1. The first-order valence-electron chi connectivity index (χ1n) is 5.89. The van der Waals surface area contributed by atoms with Crippen molar-refractivity contribution in [3.8, 4) is 0 Å². The maximum atomic E-state index is 11.8. The highest BCUT2D eigenvalue weighted by Gasteiger charge is 2.28. The Hall–Kier alpha value is -0.610. The molecule has 1 heterocycles. The number of nitrogens with one attached hydrogen (secondary N) is 2. The van der Waals surface area contributed by atoms with Crippen LogP contribution in [-0.4, -0.2) is 37.7 Å². The van der Waals surface area contributed by atoms with Gasteiger partial charge in [0, 0.05) is 12.6 Å². The van der Waals surface area contributed by atoms with Crippen molar-refractivity contribution < 1.29 is 9.53 Å². The Bertz CT molecular complexity index is 223. The number of morpholine rings is 1. The van der Waals surface area contributed by atoms with E-state index in [4.69, 9.17) is 4.74 Å². The van der Waals surface area contributed by atoms with Gasteiger partial charge in [-0.05, 0) is 25.7 Å². The number of carbonyl (C=O) groups is 1. The molecule has 1 aliphatic heterocycles. The van der Waals surface area contributed by atoms with Gasteiger partial charge in [-0.3, -0.25) is 4.79 Å². The lowest BCUT2D eigenvalue weighted by Gasteiger charge is -2.33. The van der Waals surface area contributed by atoms with Crippen LogP contribution in [0.3, 0.4) is 0 Å². The number of hydrogen-bond donors (Lipinski definition) is 2. The topological polar surface area (TPSA) is 50.4 Å². The molecule has 4 nitrogen and oxygen atoms in total. The van der Waals surface area contributed by atoms with E-state index in [2.05, 4.69) is 17.6 Å². The second kappa shape index (κ2) is 4.94. The van der Waals surface area contributed by atoms with Crippen molar-refractivity contribution in [2.75, 3.05) is 19.8 Å². The van der Waals surface area contributed by atoms with Crippen LogP contribution in [0.25, 0.3) is 0 Å². The van der Waals surface area contributed by atoms with E-state index in [1.165, 1.54) is 19.3 Å². The quantitative estimate of drug-likeness (QED) is 0.706. The monoisotopic (exact) mass is 212 g/mol. The van der Waals surface area contributed by atoms with E-state index in [0.717, 1.165) is 6.54 Å². The summed E-state index contributed by atoms with van der Waals surface area (Å²) < 4.78 is 5.26. The van der Waals surface area contributed by atoms with Gasteiger partial charge in [-0.25, -0.2) is 0 Å². The minimum absolute atomic E-state index is 0.0918. The van der Waals surface area contributed by atoms with E-state index in [9.17, 15) is 4.79 Å². The highest BCUT2D eigenvalue weighted by molar-refractivity contribution is 5.82. The third-order valence-electron chi connectivity index (χ3n) is 3.47. The van der Waals surface area contributed by atoms with Crippen LogP contribution in [0.4, 0.5) is 0 Å². The van der Waals surface area contributed by atoms with Crippen molar-refractivity contribution in [3.63, 3.8) is 0 Å². The summed E-state index contributed by atoms with van der Waals surface area (Å²) in [6, 6.07) is 0.163. The molecule has 2 fully saturated rings. The molecule has 0 bridgehead atoms.